The van der Waals surface area contributed by atoms with E-state index >= 15 is 0 Å². The Bertz CT molecular complexity index is 1570. The summed E-state index contributed by atoms with van der Waals surface area (Å²) in [5, 5.41) is 43.1. The van der Waals surface area contributed by atoms with Crippen LogP contribution in [0.15, 0.2) is 53.4 Å². The maximum atomic E-state index is 13.2. The molecule has 4 rings (SSSR count). The number of benzene rings is 2. The van der Waals surface area contributed by atoms with Crippen LogP contribution in [0.25, 0.3) is 26.8 Å². The topological polar surface area (TPSA) is 143 Å². The number of aliphatic hydroxyl groups is 3. The molecule has 0 aliphatic carbocycles. The standard InChI is InChI=1S/C31H39N3O6S2/c1-5-14-34(15-6-2)23-11-10-20-16-22(9-8-21(20)17-23)26-13-12-25(41-26)19(4)27(18-32)42(38,39)33-28-30(36)29(35)24(7-3)40-31(28)37/h8-13,16-17,24,28-31,33,35-37H,5-7,14-15H2,1-4H3/b27-19+/t24-,28-,29-,30-,31?/m1/s1. The third-order valence-electron chi connectivity index (χ3n) is 7.56. The molecule has 2 aromatic carbocycles. The average Bonchev–Trinajstić information content (AvgIpc) is 3.47. The Morgan fingerprint density at radius 2 is 1.67 bits per heavy atom. The maximum absolute atomic E-state index is 13.2. The van der Waals surface area contributed by atoms with Gasteiger partial charge in [0.25, 0.3) is 10.0 Å². The maximum Gasteiger partial charge on any atom is 0.251 e. The number of nitrogens with zero attached hydrogens (tertiary/aromatic N) is 2. The SMILES string of the molecule is CCCN(CCC)c1ccc2cc(-c3ccc(/C(C)=C(\C#N)S(=O)(=O)N[C@H]4C(O)O[C@H](CC)[C@@H](O)[C@@H]4O)s3)ccc2c1. The molecule has 1 aliphatic heterocycles. The lowest BCUT2D eigenvalue weighted by molar-refractivity contribution is -0.244. The monoisotopic (exact) mass is 613 g/mol. The molecule has 3 aromatic rings. The number of thiophene rings is 1. The number of rotatable bonds is 11. The number of hydrogen-bond acceptors (Lipinski definition) is 9. The summed E-state index contributed by atoms with van der Waals surface area (Å²) in [4.78, 5) is 3.36. The zero-order valence-electron chi connectivity index (χ0n) is 24.3. The summed E-state index contributed by atoms with van der Waals surface area (Å²) in [6, 6.07) is 16.6. The predicted octanol–water partition coefficient (Wildman–Crippen LogP) is 4.59. The number of nitriles is 1. The molecule has 0 saturated carbocycles. The van der Waals surface area contributed by atoms with E-state index in [0.29, 0.717) is 11.3 Å². The van der Waals surface area contributed by atoms with Crippen molar-refractivity contribution in [2.45, 2.75) is 77.6 Å². The van der Waals surface area contributed by atoms with E-state index in [0.717, 1.165) is 47.1 Å². The molecular formula is C31H39N3O6S2. The molecule has 1 unspecified atom stereocenters. The van der Waals surface area contributed by atoms with E-state index in [1.807, 2.05) is 12.1 Å². The minimum atomic E-state index is -4.48. The van der Waals surface area contributed by atoms with Crippen molar-refractivity contribution in [3.8, 4) is 16.5 Å². The Morgan fingerprint density at radius 1 is 1.00 bits per heavy atom. The fourth-order valence-corrected chi connectivity index (χ4v) is 7.73. The molecular weight excluding hydrogens is 574 g/mol. The zero-order chi connectivity index (χ0) is 30.6. The molecule has 42 heavy (non-hydrogen) atoms. The Balaban J connectivity index is 1.59. The first-order chi connectivity index (χ1) is 20.0. The van der Waals surface area contributed by atoms with Gasteiger partial charge in [-0.1, -0.05) is 39.0 Å². The molecule has 2 heterocycles. The van der Waals surface area contributed by atoms with Crippen molar-refractivity contribution < 1.29 is 28.5 Å². The summed E-state index contributed by atoms with van der Waals surface area (Å²) >= 11 is 1.36. The van der Waals surface area contributed by atoms with E-state index < -0.39 is 45.6 Å². The Labute approximate surface area is 251 Å². The van der Waals surface area contributed by atoms with Crippen LogP contribution in [0.5, 0.6) is 0 Å². The summed E-state index contributed by atoms with van der Waals surface area (Å²) in [6.07, 6.45) is -3.08. The van der Waals surface area contributed by atoms with Crippen LogP contribution in [0.3, 0.4) is 0 Å². The molecule has 226 valence electrons. The van der Waals surface area contributed by atoms with Crippen LogP contribution < -0.4 is 9.62 Å². The lowest BCUT2D eigenvalue weighted by Gasteiger charge is -2.40. The zero-order valence-corrected chi connectivity index (χ0v) is 26.0. The molecule has 0 spiro atoms. The number of aliphatic hydroxyl groups excluding tert-OH is 3. The molecule has 5 atom stereocenters. The van der Waals surface area contributed by atoms with Crippen LogP contribution in [0.4, 0.5) is 5.69 Å². The second-order valence-corrected chi connectivity index (χ2v) is 13.3. The normalized spacial score (nSPS) is 23.4. The molecule has 0 radical (unpaired) electrons. The van der Waals surface area contributed by atoms with Gasteiger partial charge in [0, 0.05) is 28.5 Å². The van der Waals surface area contributed by atoms with Crippen LogP contribution in [0, 0.1) is 11.3 Å². The smallest absolute Gasteiger partial charge is 0.251 e. The van der Waals surface area contributed by atoms with E-state index in [9.17, 15) is 29.0 Å². The van der Waals surface area contributed by atoms with Crippen molar-refractivity contribution in [2.24, 2.45) is 0 Å². The lowest BCUT2D eigenvalue weighted by Crippen LogP contribution is -2.63. The van der Waals surface area contributed by atoms with E-state index in [4.69, 9.17) is 4.74 Å². The Morgan fingerprint density at radius 3 is 2.31 bits per heavy atom. The van der Waals surface area contributed by atoms with E-state index in [-0.39, 0.29) is 5.57 Å². The molecule has 0 bridgehead atoms. The first-order valence-electron chi connectivity index (χ1n) is 14.3. The second-order valence-electron chi connectivity index (χ2n) is 10.6. The quantitative estimate of drug-likeness (QED) is 0.230. The summed E-state index contributed by atoms with van der Waals surface area (Å²) in [5.74, 6) is 0. The first-order valence-corrected chi connectivity index (χ1v) is 16.6. The largest absolute Gasteiger partial charge is 0.388 e. The van der Waals surface area contributed by atoms with Crippen LogP contribution in [0.2, 0.25) is 0 Å². The van der Waals surface area contributed by atoms with Crippen molar-refractivity contribution in [1.29, 1.82) is 5.26 Å². The number of allylic oxidation sites excluding steroid dienone is 2. The molecule has 1 saturated heterocycles. The predicted molar refractivity (Wildman–Crippen MR) is 167 cm³/mol. The second kappa shape index (κ2) is 13.7. The van der Waals surface area contributed by atoms with Gasteiger partial charge in [-0.05, 0) is 78.4 Å². The molecule has 1 aromatic heterocycles. The minimum absolute atomic E-state index is 0.228. The van der Waals surface area contributed by atoms with Crippen molar-refractivity contribution >= 4 is 43.4 Å². The highest BCUT2D eigenvalue weighted by molar-refractivity contribution is 7.93. The molecule has 1 fully saturated rings. The van der Waals surface area contributed by atoms with Gasteiger partial charge in [-0.25, -0.2) is 8.42 Å². The number of ether oxygens (including phenoxy) is 1. The van der Waals surface area contributed by atoms with Crippen molar-refractivity contribution in [2.75, 3.05) is 18.0 Å². The van der Waals surface area contributed by atoms with Gasteiger partial charge in [0.1, 0.15) is 24.3 Å². The fraction of sp³-hybridized carbons (Fsp3) is 0.452. The number of fused-ring (bicyclic) bond motifs is 1. The van der Waals surface area contributed by atoms with Gasteiger partial charge in [-0.3, -0.25) is 0 Å². The fourth-order valence-electron chi connectivity index (χ4n) is 5.29. The molecule has 1 aliphatic rings. The van der Waals surface area contributed by atoms with Gasteiger partial charge < -0.3 is 25.0 Å². The van der Waals surface area contributed by atoms with Gasteiger partial charge in [-0.2, -0.15) is 9.98 Å². The van der Waals surface area contributed by atoms with Gasteiger partial charge >= 0.3 is 0 Å². The third-order valence-corrected chi connectivity index (χ3v) is 10.3. The number of hydrogen-bond donors (Lipinski definition) is 4. The van der Waals surface area contributed by atoms with Crippen molar-refractivity contribution in [3.63, 3.8) is 0 Å². The summed E-state index contributed by atoms with van der Waals surface area (Å²) in [6.45, 7) is 9.63. The minimum Gasteiger partial charge on any atom is -0.388 e. The molecule has 0 amide bonds. The van der Waals surface area contributed by atoms with Crippen molar-refractivity contribution in [1.82, 2.24) is 4.72 Å². The van der Waals surface area contributed by atoms with Crippen LogP contribution in [-0.4, -0.2) is 67.5 Å². The lowest BCUT2D eigenvalue weighted by atomic mass is 9.96. The molecule has 11 heteroatoms. The van der Waals surface area contributed by atoms with Gasteiger partial charge in [0.05, 0.1) is 6.10 Å². The number of sulfonamides is 1. The molecule has 4 N–H and O–H groups in total. The summed E-state index contributed by atoms with van der Waals surface area (Å²) in [5.41, 5.74) is 2.41. The highest BCUT2D eigenvalue weighted by Gasteiger charge is 2.45. The van der Waals surface area contributed by atoms with E-state index in [2.05, 4.69) is 53.8 Å². The van der Waals surface area contributed by atoms with Gasteiger partial charge in [-0.15, -0.1) is 11.3 Å². The van der Waals surface area contributed by atoms with Crippen molar-refractivity contribution in [3.05, 3.63) is 58.3 Å². The van der Waals surface area contributed by atoms with E-state index in [1.54, 1.807) is 26.0 Å². The van der Waals surface area contributed by atoms with Crippen LogP contribution in [-0.2, 0) is 14.8 Å². The highest BCUT2D eigenvalue weighted by atomic mass is 32.2. The van der Waals surface area contributed by atoms with Gasteiger partial charge in [0.15, 0.2) is 11.2 Å². The van der Waals surface area contributed by atoms with Crippen LogP contribution >= 0.6 is 11.3 Å². The highest BCUT2D eigenvalue weighted by Crippen LogP contribution is 2.36. The third kappa shape index (κ3) is 6.71. The first kappa shape index (κ1) is 32.1. The summed E-state index contributed by atoms with van der Waals surface area (Å²) < 4.78 is 33.9. The van der Waals surface area contributed by atoms with Gasteiger partial charge in [0.2, 0.25) is 0 Å². The number of anilines is 1. The van der Waals surface area contributed by atoms with Crippen LogP contribution in [0.1, 0.15) is 51.8 Å². The Kier molecular flexibility index (Phi) is 10.4. The average molecular weight is 614 g/mol. The number of nitrogens with one attached hydrogen (secondary N) is 1. The molecule has 9 nitrogen and oxygen atoms in total. The summed E-state index contributed by atoms with van der Waals surface area (Å²) in [7, 11) is -4.48. The van der Waals surface area contributed by atoms with E-state index in [1.165, 1.54) is 17.0 Å². The Hall–Kier alpha value is -2.82.